The SMILES string of the molecule is Cc1ccc(NC(=O)CCNC(=O)[C@@H]2O[C@@H]3OC(C)(C)O[C@H]3[C@H]3OC(C)(C)O[C@@H]32)cc1. The highest BCUT2D eigenvalue weighted by atomic mass is 16.9. The minimum absolute atomic E-state index is 0.127. The second kappa shape index (κ2) is 8.14. The maximum atomic E-state index is 12.9. The smallest absolute Gasteiger partial charge is 0.252 e. The van der Waals surface area contributed by atoms with E-state index in [2.05, 4.69) is 10.6 Å². The Balaban J connectivity index is 1.34. The molecule has 3 fully saturated rings. The van der Waals surface area contributed by atoms with Gasteiger partial charge in [-0.3, -0.25) is 9.59 Å². The van der Waals surface area contributed by atoms with Gasteiger partial charge in [0.25, 0.3) is 5.91 Å². The minimum atomic E-state index is -0.939. The topological polar surface area (TPSA) is 104 Å². The normalized spacial score (nSPS) is 32.7. The van der Waals surface area contributed by atoms with Crippen molar-refractivity contribution >= 4 is 17.5 Å². The summed E-state index contributed by atoms with van der Waals surface area (Å²) in [5, 5.41) is 5.57. The molecule has 9 heteroatoms. The van der Waals surface area contributed by atoms with Crippen LogP contribution in [0.2, 0.25) is 0 Å². The van der Waals surface area contributed by atoms with E-state index >= 15 is 0 Å². The van der Waals surface area contributed by atoms with E-state index in [-0.39, 0.29) is 24.8 Å². The van der Waals surface area contributed by atoms with Gasteiger partial charge in [-0.25, -0.2) is 0 Å². The van der Waals surface area contributed by atoms with Gasteiger partial charge in [0.05, 0.1) is 0 Å². The molecule has 2 amide bonds. The van der Waals surface area contributed by atoms with Crippen molar-refractivity contribution in [3.05, 3.63) is 29.8 Å². The van der Waals surface area contributed by atoms with Gasteiger partial charge in [-0.2, -0.15) is 0 Å². The minimum Gasteiger partial charge on any atom is -0.353 e. The Labute approximate surface area is 181 Å². The number of benzene rings is 1. The molecule has 0 unspecified atom stereocenters. The quantitative estimate of drug-likeness (QED) is 0.729. The van der Waals surface area contributed by atoms with Crippen molar-refractivity contribution < 1.29 is 33.3 Å². The lowest BCUT2D eigenvalue weighted by atomic mass is 9.98. The Kier molecular flexibility index (Phi) is 5.82. The van der Waals surface area contributed by atoms with Crippen molar-refractivity contribution in [3.8, 4) is 0 Å². The number of hydrogen-bond acceptors (Lipinski definition) is 7. The number of aryl methyl sites for hydroxylation is 1. The molecule has 3 heterocycles. The van der Waals surface area contributed by atoms with E-state index in [1.54, 1.807) is 27.7 Å². The molecule has 1 aromatic rings. The summed E-state index contributed by atoms with van der Waals surface area (Å²) in [6.07, 6.45) is -3.19. The number of carbonyl (C=O) groups excluding carboxylic acids is 2. The molecule has 9 nitrogen and oxygen atoms in total. The van der Waals surface area contributed by atoms with Gasteiger partial charge in [0, 0.05) is 18.7 Å². The standard InChI is InChI=1S/C22H30N2O7/c1-12-6-8-13(9-7-12)24-14(25)10-11-23-19(26)17-15-16(29-21(2,3)28-15)18-20(27-17)31-22(4,5)30-18/h6-9,15-18,20H,10-11H2,1-5H3,(H,23,26)(H,24,25)/t15-,16-,17+,18-,20+/m0/s1. The van der Waals surface area contributed by atoms with Gasteiger partial charge in [0.2, 0.25) is 5.91 Å². The van der Waals surface area contributed by atoms with Crippen LogP contribution in [0.1, 0.15) is 39.7 Å². The molecule has 3 saturated heterocycles. The summed E-state index contributed by atoms with van der Waals surface area (Å²) in [5.41, 5.74) is 1.82. The van der Waals surface area contributed by atoms with Crippen molar-refractivity contribution in [3.63, 3.8) is 0 Å². The molecule has 31 heavy (non-hydrogen) atoms. The number of carbonyl (C=O) groups is 2. The molecule has 0 aromatic heterocycles. The third kappa shape index (κ3) is 4.91. The highest BCUT2D eigenvalue weighted by molar-refractivity contribution is 5.91. The lowest BCUT2D eigenvalue weighted by molar-refractivity contribution is -0.231. The van der Waals surface area contributed by atoms with Crippen LogP contribution in [-0.4, -0.2) is 60.6 Å². The first-order valence-corrected chi connectivity index (χ1v) is 10.5. The maximum Gasteiger partial charge on any atom is 0.252 e. The fourth-order valence-electron chi connectivity index (χ4n) is 4.08. The maximum absolute atomic E-state index is 12.9. The van der Waals surface area contributed by atoms with Gasteiger partial charge < -0.3 is 34.3 Å². The molecule has 3 aliphatic heterocycles. The highest BCUT2D eigenvalue weighted by Gasteiger charge is 2.62. The number of amides is 2. The average Bonchev–Trinajstić information content (AvgIpc) is 3.16. The first-order valence-electron chi connectivity index (χ1n) is 10.5. The molecule has 170 valence electrons. The van der Waals surface area contributed by atoms with Crippen LogP contribution in [0.25, 0.3) is 0 Å². The van der Waals surface area contributed by atoms with E-state index in [4.69, 9.17) is 23.7 Å². The molecule has 2 N–H and O–H groups in total. The molecule has 0 saturated carbocycles. The summed E-state index contributed by atoms with van der Waals surface area (Å²) in [4.78, 5) is 25.0. The van der Waals surface area contributed by atoms with Crippen molar-refractivity contribution in [1.82, 2.24) is 5.32 Å². The molecule has 4 rings (SSSR count). The summed E-state index contributed by atoms with van der Waals surface area (Å²) in [6, 6.07) is 7.51. The fraction of sp³-hybridized carbons (Fsp3) is 0.636. The van der Waals surface area contributed by atoms with Crippen LogP contribution in [0, 0.1) is 6.92 Å². The van der Waals surface area contributed by atoms with Crippen LogP contribution in [0.4, 0.5) is 5.69 Å². The van der Waals surface area contributed by atoms with E-state index in [9.17, 15) is 9.59 Å². The Morgan fingerprint density at radius 1 is 0.903 bits per heavy atom. The molecule has 5 atom stereocenters. The second-order valence-corrected chi connectivity index (χ2v) is 9.05. The molecule has 1 aromatic carbocycles. The Morgan fingerprint density at radius 3 is 2.23 bits per heavy atom. The zero-order valence-corrected chi connectivity index (χ0v) is 18.5. The summed E-state index contributed by atoms with van der Waals surface area (Å²) in [5.74, 6) is -2.31. The summed E-state index contributed by atoms with van der Waals surface area (Å²) < 4.78 is 29.6. The third-order valence-corrected chi connectivity index (χ3v) is 5.40. The van der Waals surface area contributed by atoms with Gasteiger partial charge in [0.1, 0.15) is 18.3 Å². The molecule has 0 aliphatic carbocycles. The number of rotatable bonds is 5. The number of anilines is 1. The first kappa shape index (κ1) is 22.2. The lowest BCUT2D eigenvalue weighted by Gasteiger charge is -2.36. The van der Waals surface area contributed by atoms with Crippen LogP contribution >= 0.6 is 0 Å². The van der Waals surface area contributed by atoms with E-state index in [1.807, 2.05) is 31.2 Å². The molecular weight excluding hydrogens is 404 g/mol. The van der Waals surface area contributed by atoms with Crippen molar-refractivity contribution in [2.75, 3.05) is 11.9 Å². The van der Waals surface area contributed by atoms with E-state index in [1.165, 1.54) is 0 Å². The van der Waals surface area contributed by atoms with Gasteiger partial charge >= 0.3 is 0 Å². The predicted molar refractivity (Wildman–Crippen MR) is 110 cm³/mol. The van der Waals surface area contributed by atoms with Crippen LogP contribution < -0.4 is 10.6 Å². The average molecular weight is 434 g/mol. The number of fused-ring (bicyclic) bond motifs is 3. The third-order valence-electron chi connectivity index (χ3n) is 5.40. The van der Waals surface area contributed by atoms with E-state index in [0.29, 0.717) is 5.69 Å². The van der Waals surface area contributed by atoms with Crippen LogP contribution in [0.3, 0.4) is 0 Å². The zero-order valence-electron chi connectivity index (χ0n) is 18.5. The van der Waals surface area contributed by atoms with Crippen molar-refractivity contribution in [2.24, 2.45) is 0 Å². The highest BCUT2D eigenvalue weighted by Crippen LogP contribution is 2.44. The largest absolute Gasteiger partial charge is 0.353 e. The van der Waals surface area contributed by atoms with Crippen LogP contribution in [0.15, 0.2) is 24.3 Å². The summed E-state index contributed by atoms with van der Waals surface area (Å²) >= 11 is 0. The van der Waals surface area contributed by atoms with Crippen molar-refractivity contribution in [2.45, 2.75) is 83.3 Å². The van der Waals surface area contributed by atoms with Gasteiger partial charge in [-0.1, -0.05) is 17.7 Å². The molecule has 3 aliphatic rings. The Hall–Kier alpha value is -2.04. The molecular formula is C22H30N2O7. The Bertz CT molecular complexity index is 839. The summed E-state index contributed by atoms with van der Waals surface area (Å²) in [7, 11) is 0. The van der Waals surface area contributed by atoms with Crippen LogP contribution in [-0.2, 0) is 33.3 Å². The first-order chi connectivity index (χ1) is 14.5. The Morgan fingerprint density at radius 2 is 1.52 bits per heavy atom. The second-order valence-electron chi connectivity index (χ2n) is 9.05. The lowest BCUT2D eigenvalue weighted by Crippen LogP contribution is -2.59. The van der Waals surface area contributed by atoms with E-state index in [0.717, 1.165) is 5.56 Å². The molecule has 0 spiro atoms. The van der Waals surface area contributed by atoms with Gasteiger partial charge in [-0.05, 0) is 46.8 Å². The van der Waals surface area contributed by atoms with Crippen LogP contribution in [0.5, 0.6) is 0 Å². The number of ether oxygens (including phenoxy) is 5. The fourth-order valence-corrected chi connectivity index (χ4v) is 4.08. The monoisotopic (exact) mass is 434 g/mol. The number of nitrogens with one attached hydrogen (secondary N) is 2. The molecule has 0 bridgehead atoms. The zero-order chi connectivity index (χ0) is 22.4. The number of hydrogen-bond donors (Lipinski definition) is 2. The van der Waals surface area contributed by atoms with Gasteiger partial charge in [0.15, 0.2) is 24.0 Å². The summed E-state index contributed by atoms with van der Waals surface area (Å²) in [6.45, 7) is 9.27. The van der Waals surface area contributed by atoms with Gasteiger partial charge in [-0.15, -0.1) is 0 Å². The van der Waals surface area contributed by atoms with Crippen molar-refractivity contribution in [1.29, 1.82) is 0 Å². The molecule has 0 radical (unpaired) electrons. The van der Waals surface area contributed by atoms with E-state index < -0.39 is 42.3 Å². The predicted octanol–water partition coefficient (Wildman–Crippen LogP) is 1.84.